The van der Waals surface area contributed by atoms with E-state index < -0.39 is 17.8 Å². The van der Waals surface area contributed by atoms with Gasteiger partial charge in [0.25, 0.3) is 0 Å². The number of benzene rings is 2. The fraction of sp³-hybridized carbons (Fsp3) is 0.273. The molecule has 148 valence electrons. The maximum absolute atomic E-state index is 12.0. The quantitative estimate of drug-likeness (QED) is 0.733. The molecular formula is C22H26N2O4. The molecule has 0 heterocycles. The Morgan fingerprint density at radius 2 is 1.82 bits per heavy atom. The summed E-state index contributed by atoms with van der Waals surface area (Å²) in [5, 5.41) is 11.6. The zero-order valence-corrected chi connectivity index (χ0v) is 16.6. The van der Waals surface area contributed by atoms with Crippen LogP contribution in [0.3, 0.4) is 0 Å². The Labute approximate surface area is 165 Å². The second kappa shape index (κ2) is 9.08. The van der Waals surface area contributed by atoms with Crippen LogP contribution in [0.4, 0.5) is 15.3 Å². The van der Waals surface area contributed by atoms with Gasteiger partial charge in [-0.05, 0) is 38.0 Å². The molecule has 6 heteroatoms. The Morgan fingerprint density at radius 3 is 2.43 bits per heavy atom. The molecule has 2 rings (SSSR count). The summed E-state index contributed by atoms with van der Waals surface area (Å²) in [6, 6.07) is 15.1. The Morgan fingerprint density at radius 1 is 1.14 bits per heavy atom. The molecule has 2 aromatic carbocycles. The molecule has 0 saturated heterocycles. The minimum atomic E-state index is -1.12. The van der Waals surface area contributed by atoms with Gasteiger partial charge in [0.1, 0.15) is 5.60 Å². The van der Waals surface area contributed by atoms with Crippen LogP contribution in [0, 0.1) is 0 Å². The lowest BCUT2D eigenvalue weighted by molar-refractivity contribution is 0.0318. The fourth-order valence-corrected chi connectivity index (χ4v) is 2.51. The molecule has 0 fully saturated rings. The van der Waals surface area contributed by atoms with E-state index in [9.17, 15) is 9.59 Å². The molecule has 0 unspecified atom stereocenters. The lowest BCUT2D eigenvalue weighted by Gasteiger charge is -2.23. The number of anilines is 1. The van der Waals surface area contributed by atoms with Crippen LogP contribution in [0.5, 0.6) is 0 Å². The van der Waals surface area contributed by atoms with Gasteiger partial charge in [-0.25, -0.2) is 9.59 Å². The third-order valence-corrected chi connectivity index (χ3v) is 3.76. The molecule has 0 aromatic heterocycles. The van der Waals surface area contributed by atoms with Crippen molar-refractivity contribution in [2.75, 3.05) is 18.9 Å². The summed E-state index contributed by atoms with van der Waals surface area (Å²) in [6.07, 6.45) is 2.14. The third-order valence-electron chi connectivity index (χ3n) is 3.76. The van der Waals surface area contributed by atoms with Crippen LogP contribution in [-0.4, -0.2) is 41.4 Å². The van der Waals surface area contributed by atoms with Crippen LogP contribution in [0.2, 0.25) is 0 Å². The van der Waals surface area contributed by atoms with E-state index in [1.807, 2.05) is 75.4 Å². The summed E-state index contributed by atoms with van der Waals surface area (Å²) < 4.78 is 5.31. The molecule has 0 aliphatic heterocycles. The van der Waals surface area contributed by atoms with Gasteiger partial charge < -0.3 is 14.7 Å². The maximum Gasteiger partial charge on any atom is 0.410 e. The average molecular weight is 382 g/mol. The van der Waals surface area contributed by atoms with Crippen LogP contribution in [0.1, 0.15) is 26.3 Å². The van der Waals surface area contributed by atoms with Crippen LogP contribution in [-0.2, 0) is 4.74 Å². The number of amides is 2. The Bertz CT molecular complexity index is 855. The van der Waals surface area contributed by atoms with Crippen LogP contribution < -0.4 is 5.32 Å². The molecule has 2 N–H and O–H groups in total. The van der Waals surface area contributed by atoms with Crippen LogP contribution >= 0.6 is 0 Å². The van der Waals surface area contributed by atoms with Gasteiger partial charge in [0.15, 0.2) is 0 Å². The van der Waals surface area contributed by atoms with E-state index >= 15 is 0 Å². The molecular weight excluding hydrogens is 356 g/mol. The van der Waals surface area contributed by atoms with Gasteiger partial charge in [0.2, 0.25) is 0 Å². The molecule has 0 aliphatic carbocycles. The first kappa shape index (κ1) is 21.0. The van der Waals surface area contributed by atoms with Gasteiger partial charge in [-0.1, -0.05) is 54.6 Å². The molecule has 0 saturated carbocycles. The number of carbonyl (C=O) groups is 2. The number of rotatable bonds is 5. The third kappa shape index (κ3) is 6.46. The lowest BCUT2D eigenvalue weighted by Crippen LogP contribution is -2.34. The van der Waals surface area contributed by atoms with E-state index in [0.717, 1.165) is 16.7 Å². The molecule has 28 heavy (non-hydrogen) atoms. The van der Waals surface area contributed by atoms with Gasteiger partial charge >= 0.3 is 12.2 Å². The Balaban J connectivity index is 2.14. The molecule has 6 nitrogen and oxygen atoms in total. The number of carboxylic acid groups (broad SMARTS) is 1. The maximum atomic E-state index is 12.0. The molecule has 0 radical (unpaired) electrons. The topological polar surface area (TPSA) is 78.9 Å². The fourth-order valence-electron chi connectivity index (χ4n) is 2.51. The predicted molar refractivity (Wildman–Crippen MR) is 111 cm³/mol. The first-order valence-corrected chi connectivity index (χ1v) is 8.96. The Hall–Kier alpha value is -3.28. The van der Waals surface area contributed by atoms with Crippen molar-refractivity contribution in [1.29, 1.82) is 0 Å². The highest BCUT2D eigenvalue weighted by molar-refractivity contribution is 5.91. The Kier molecular flexibility index (Phi) is 6.82. The second-order valence-corrected chi connectivity index (χ2v) is 7.36. The van der Waals surface area contributed by atoms with Gasteiger partial charge in [-0.2, -0.15) is 0 Å². The van der Waals surface area contributed by atoms with Crippen LogP contribution in [0.15, 0.2) is 54.6 Å². The molecule has 0 spiro atoms. The summed E-state index contributed by atoms with van der Waals surface area (Å²) in [5.74, 6) is 0. The summed E-state index contributed by atoms with van der Waals surface area (Å²) >= 11 is 0. The molecule has 0 bridgehead atoms. The highest BCUT2D eigenvalue weighted by Gasteiger charge is 2.18. The molecule has 2 amide bonds. The number of nitrogens with one attached hydrogen (secondary N) is 1. The summed E-state index contributed by atoms with van der Waals surface area (Å²) in [7, 11) is 1.66. The minimum absolute atomic E-state index is 0.372. The van der Waals surface area contributed by atoms with Gasteiger partial charge in [0.05, 0.1) is 5.69 Å². The molecule has 2 aromatic rings. The second-order valence-electron chi connectivity index (χ2n) is 7.36. The van der Waals surface area contributed by atoms with Gasteiger partial charge in [-0.3, -0.25) is 5.32 Å². The van der Waals surface area contributed by atoms with Crippen molar-refractivity contribution >= 4 is 23.9 Å². The van der Waals surface area contributed by atoms with Crippen molar-refractivity contribution in [3.05, 3.63) is 60.2 Å². The van der Waals surface area contributed by atoms with Gasteiger partial charge in [0, 0.05) is 19.2 Å². The average Bonchev–Trinajstić information content (AvgIpc) is 2.60. The van der Waals surface area contributed by atoms with Crippen LogP contribution in [0.25, 0.3) is 17.2 Å². The van der Waals surface area contributed by atoms with Crippen molar-refractivity contribution in [3.63, 3.8) is 0 Å². The number of hydrogen-bond donors (Lipinski definition) is 2. The molecule has 0 aliphatic rings. The predicted octanol–water partition coefficient (Wildman–Crippen LogP) is 5.32. The standard InChI is InChI=1S/C22H26N2O4/c1-22(2,3)28-21(27)24(4)14-8-9-16-12-13-18(17-10-6-5-7-11-17)19(15-16)23-20(25)26/h5-13,15,23H,14H2,1-4H3,(H,25,26)/b9-8+. The summed E-state index contributed by atoms with van der Waals surface area (Å²) in [5.41, 5.74) is 2.50. The number of ether oxygens (including phenoxy) is 1. The van der Waals surface area contributed by atoms with Crippen molar-refractivity contribution in [2.45, 2.75) is 26.4 Å². The lowest BCUT2D eigenvalue weighted by atomic mass is 10.0. The van der Waals surface area contributed by atoms with E-state index in [1.54, 1.807) is 13.1 Å². The van der Waals surface area contributed by atoms with Crippen molar-refractivity contribution in [1.82, 2.24) is 4.90 Å². The highest BCUT2D eigenvalue weighted by Crippen LogP contribution is 2.29. The number of hydrogen-bond acceptors (Lipinski definition) is 3. The first-order valence-electron chi connectivity index (χ1n) is 8.96. The van der Waals surface area contributed by atoms with E-state index in [2.05, 4.69) is 5.32 Å². The largest absolute Gasteiger partial charge is 0.465 e. The monoisotopic (exact) mass is 382 g/mol. The zero-order chi connectivity index (χ0) is 20.7. The van der Waals surface area contributed by atoms with E-state index in [0.29, 0.717) is 12.2 Å². The van der Waals surface area contributed by atoms with Crippen molar-refractivity contribution in [2.24, 2.45) is 0 Å². The normalized spacial score (nSPS) is 11.3. The smallest absolute Gasteiger partial charge is 0.410 e. The van der Waals surface area contributed by atoms with Crippen molar-refractivity contribution < 1.29 is 19.4 Å². The first-order chi connectivity index (χ1) is 13.2. The van der Waals surface area contributed by atoms with E-state index in [4.69, 9.17) is 9.84 Å². The summed E-state index contributed by atoms with van der Waals surface area (Å²) in [4.78, 5) is 24.6. The van der Waals surface area contributed by atoms with Gasteiger partial charge in [-0.15, -0.1) is 0 Å². The van der Waals surface area contributed by atoms with E-state index in [1.165, 1.54) is 4.90 Å². The summed E-state index contributed by atoms with van der Waals surface area (Å²) in [6.45, 7) is 5.83. The highest BCUT2D eigenvalue weighted by atomic mass is 16.6. The number of nitrogens with zero attached hydrogens (tertiary/aromatic N) is 1. The zero-order valence-electron chi connectivity index (χ0n) is 16.6. The van der Waals surface area contributed by atoms with Crippen molar-refractivity contribution in [3.8, 4) is 11.1 Å². The number of carbonyl (C=O) groups excluding carboxylic acids is 1. The number of likely N-dealkylation sites (N-methyl/N-ethyl adjacent to an activating group) is 1. The minimum Gasteiger partial charge on any atom is -0.465 e. The molecule has 0 atom stereocenters. The SMILES string of the molecule is CN(C/C=C/c1ccc(-c2ccccc2)c(NC(=O)O)c1)C(=O)OC(C)(C)C. The van der Waals surface area contributed by atoms with E-state index in [-0.39, 0.29) is 0 Å².